The Morgan fingerprint density at radius 3 is 2.58 bits per heavy atom. The molecule has 1 aliphatic carbocycles. The molecule has 1 N–H and O–H groups in total. The highest BCUT2D eigenvalue weighted by Gasteiger charge is 2.20. The molecule has 19 heavy (non-hydrogen) atoms. The van der Waals surface area contributed by atoms with E-state index in [2.05, 4.69) is 55.2 Å². The molecule has 0 radical (unpaired) electrons. The molecule has 1 fully saturated rings. The lowest BCUT2D eigenvalue weighted by molar-refractivity contribution is 0.198. The minimum atomic E-state index is 0.581. The van der Waals surface area contributed by atoms with Gasteiger partial charge in [0.05, 0.1) is 5.69 Å². The first-order valence-corrected chi connectivity index (χ1v) is 7.43. The predicted molar refractivity (Wildman–Crippen MR) is 79.9 cm³/mol. The standard InChI is InChI=1S/C16H27N3/c1-12(2)13(3)19(4)11-16-6-5-14(10-18-16)9-17-15-7-8-15/h5-6,10,12-13,15,17H,7-9,11H2,1-4H3. The van der Waals surface area contributed by atoms with E-state index >= 15 is 0 Å². The first-order chi connectivity index (χ1) is 9.06. The Kier molecular flexibility index (Phi) is 4.94. The molecule has 1 saturated carbocycles. The molecule has 2 rings (SSSR count). The fourth-order valence-electron chi connectivity index (χ4n) is 2.11. The number of rotatable bonds is 7. The van der Waals surface area contributed by atoms with Gasteiger partial charge in [0, 0.05) is 31.4 Å². The highest BCUT2D eigenvalue weighted by Crippen LogP contribution is 2.19. The van der Waals surface area contributed by atoms with E-state index in [4.69, 9.17) is 0 Å². The largest absolute Gasteiger partial charge is 0.310 e. The third kappa shape index (κ3) is 4.59. The van der Waals surface area contributed by atoms with Crippen molar-refractivity contribution in [2.75, 3.05) is 7.05 Å². The maximum Gasteiger partial charge on any atom is 0.0544 e. The van der Waals surface area contributed by atoms with Crippen molar-refractivity contribution in [2.24, 2.45) is 5.92 Å². The van der Waals surface area contributed by atoms with Crippen LogP contribution < -0.4 is 5.32 Å². The number of aromatic nitrogens is 1. The molecule has 0 aromatic carbocycles. The summed E-state index contributed by atoms with van der Waals surface area (Å²) < 4.78 is 0. The maximum absolute atomic E-state index is 4.58. The molecule has 0 amide bonds. The number of nitrogens with one attached hydrogen (secondary N) is 1. The molecule has 106 valence electrons. The summed E-state index contributed by atoms with van der Waals surface area (Å²) in [6.45, 7) is 8.69. The van der Waals surface area contributed by atoms with Gasteiger partial charge in [-0.2, -0.15) is 0 Å². The highest BCUT2D eigenvalue weighted by molar-refractivity contribution is 5.14. The molecule has 1 aromatic rings. The fraction of sp³-hybridized carbons (Fsp3) is 0.688. The van der Waals surface area contributed by atoms with Crippen LogP contribution in [-0.4, -0.2) is 29.0 Å². The lowest BCUT2D eigenvalue weighted by Crippen LogP contribution is -2.32. The van der Waals surface area contributed by atoms with Gasteiger partial charge in [-0.05, 0) is 44.4 Å². The van der Waals surface area contributed by atoms with Crippen LogP contribution in [0.5, 0.6) is 0 Å². The quantitative estimate of drug-likeness (QED) is 0.818. The first-order valence-electron chi connectivity index (χ1n) is 7.43. The minimum absolute atomic E-state index is 0.581. The summed E-state index contributed by atoms with van der Waals surface area (Å²) in [4.78, 5) is 6.95. The molecule has 0 saturated heterocycles. The fourth-order valence-corrected chi connectivity index (χ4v) is 2.11. The second-order valence-electron chi connectivity index (χ2n) is 6.21. The summed E-state index contributed by atoms with van der Waals surface area (Å²) in [6, 6.07) is 5.70. The van der Waals surface area contributed by atoms with Crippen molar-refractivity contribution < 1.29 is 0 Å². The summed E-state index contributed by atoms with van der Waals surface area (Å²) in [5.74, 6) is 0.673. The van der Waals surface area contributed by atoms with Crippen LogP contribution in [0.25, 0.3) is 0 Å². The van der Waals surface area contributed by atoms with Crippen molar-refractivity contribution in [3.8, 4) is 0 Å². The van der Waals surface area contributed by atoms with Gasteiger partial charge in [0.25, 0.3) is 0 Å². The van der Waals surface area contributed by atoms with Crippen molar-refractivity contribution in [2.45, 2.75) is 58.8 Å². The Bertz CT molecular complexity index is 381. The number of hydrogen-bond donors (Lipinski definition) is 1. The molecule has 0 bridgehead atoms. The zero-order valence-corrected chi connectivity index (χ0v) is 12.7. The van der Waals surface area contributed by atoms with E-state index in [0.29, 0.717) is 12.0 Å². The Morgan fingerprint density at radius 2 is 2.05 bits per heavy atom. The normalized spacial score (nSPS) is 17.2. The van der Waals surface area contributed by atoms with Gasteiger partial charge in [0.15, 0.2) is 0 Å². The third-order valence-electron chi connectivity index (χ3n) is 4.13. The Morgan fingerprint density at radius 1 is 1.32 bits per heavy atom. The Balaban J connectivity index is 1.83. The zero-order chi connectivity index (χ0) is 13.8. The van der Waals surface area contributed by atoms with E-state index in [9.17, 15) is 0 Å². The van der Waals surface area contributed by atoms with Gasteiger partial charge in [0.1, 0.15) is 0 Å². The van der Waals surface area contributed by atoms with Crippen molar-refractivity contribution in [3.63, 3.8) is 0 Å². The zero-order valence-electron chi connectivity index (χ0n) is 12.7. The van der Waals surface area contributed by atoms with E-state index in [1.165, 1.54) is 18.4 Å². The summed E-state index contributed by atoms with van der Waals surface area (Å²) >= 11 is 0. The van der Waals surface area contributed by atoms with Crippen LogP contribution in [0.4, 0.5) is 0 Å². The van der Waals surface area contributed by atoms with Crippen LogP contribution in [0, 0.1) is 5.92 Å². The van der Waals surface area contributed by atoms with Crippen LogP contribution in [0.2, 0.25) is 0 Å². The lowest BCUT2D eigenvalue weighted by Gasteiger charge is -2.27. The van der Waals surface area contributed by atoms with E-state index in [0.717, 1.165) is 24.8 Å². The monoisotopic (exact) mass is 261 g/mol. The maximum atomic E-state index is 4.58. The molecular weight excluding hydrogens is 234 g/mol. The third-order valence-corrected chi connectivity index (χ3v) is 4.13. The van der Waals surface area contributed by atoms with Gasteiger partial charge in [-0.3, -0.25) is 9.88 Å². The Labute approximate surface area is 117 Å². The van der Waals surface area contributed by atoms with Gasteiger partial charge < -0.3 is 5.32 Å². The molecule has 1 unspecified atom stereocenters. The van der Waals surface area contributed by atoms with Gasteiger partial charge >= 0.3 is 0 Å². The molecule has 1 aromatic heterocycles. The molecular formula is C16H27N3. The summed E-state index contributed by atoms with van der Waals surface area (Å²) in [7, 11) is 2.18. The molecule has 0 aliphatic heterocycles. The highest BCUT2D eigenvalue weighted by atomic mass is 15.1. The van der Waals surface area contributed by atoms with Crippen LogP contribution >= 0.6 is 0 Å². The van der Waals surface area contributed by atoms with Crippen molar-refractivity contribution >= 4 is 0 Å². The summed E-state index contributed by atoms with van der Waals surface area (Å²) in [5, 5.41) is 3.52. The van der Waals surface area contributed by atoms with Crippen LogP contribution in [-0.2, 0) is 13.1 Å². The molecule has 3 heteroatoms. The second kappa shape index (κ2) is 6.49. The average Bonchev–Trinajstić information content (AvgIpc) is 3.21. The van der Waals surface area contributed by atoms with E-state index in [-0.39, 0.29) is 0 Å². The lowest BCUT2D eigenvalue weighted by atomic mass is 10.1. The second-order valence-corrected chi connectivity index (χ2v) is 6.21. The van der Waals surface area contributed by atoms with E-state index < -0.39 is 0 Å². The average molecular weight is 261 g/mol. The van der Waals surface area contributed by atoms with Crippen LogP contribution in [0.1, 0.15) is 44.9 Å². The van der Waals surface area contributed by atoms with E-state index in [1.54, 1.807) is 0 Å². The van der Waals surface area contributed by atoms with E-state index in [1.807, 2.05) is 6.20 Å². The van der Waals surface area contributed by atoms with Crippen LogP contribution in [0.3, 0.4) is 0 Å². The number of nitrogens with zero attached hydrogens (tertiary/aromatic N) is 2. The molecule has 0 spiro atoms. The van der Waals surface area contributed by atoms with Crippen molar-refractivity contribution in [1.29, 1.82) is 0 Å². The first kappa shape index (κ1) is 14.5. The topological polar surface area (TPSA) is 28.2 Å². The van der Waals surface area contributed by atoms with Crippen molar-refractivity contribution in [3.05, 3.63) is 29.6 Å². The smallest absolute Gasteiger partial charge is 0.0544 e. The number of pyridine rings is 1. The molecule has 3 nitrogen and oxygen atoms in total. The summed E-state index contributed by atoms with van der Waals surface area (Å²) in [5.41, 5.74) is 2.44. The minimum Gasteiger partial charge on any atom is -0.310 e. The Hall–Kier alpha value is -0.930. The van der Waals surface area contributed by atoms with Gasteiger partial charge in [0.2, 0.25) is 0 Å². The molecule has 1 atom stereocenters. The molecule has 1 aliphatic rings. The van der Waals surface area contributed by atoms with Crippen LogP contribution in [0.15, 0.2) is 18.3 Å². The predicted octanol–water partition coefficient (Wildman–Crippen LogP) is 2.81. The van der Waals surface area contributed by atoms with Gasteiger partial charge in [-0.1, -0.05) is 19.9 Å². The SMILES string of the molecule is CC(C)C(C)N(C)Cc1ccc(CNC2CC2)cn1. The number of hydrogen-bond acceptors (Lipinski definition) is 3. The molecule has 1 heterocycles. The van der Waals surface area contributed by atoms with Gasteiger partial charge in [-0.15, -0.1) is 0 Å². The summed E-state index contributed by atoms with van der Waals surface area (Å²) in [6.07, 6.45) is 4.69. The van der Waals surface area contributed by atoms with Gasteiger partial charge in [-0.25, -0.2) is 0 Å². The van der Waals surface area contributed by atoms with Crippen molar-refractivity contribution in [1.82, 2.24) is 15.2 Å².